The molecule has 1 aromatic rings. The van der Waals surface area contributed by atoms with E-state index >= 15 is 0 Å². The maximum absolute atomic E-state index is 2.31. The monoisotopic (exact) mass is 302 g/mol. The van der Waals surface area contributed by atoms with Gasteiger partial charge in [-0.3, -0.25) is 0 Å². The van der Waals surface area contributed by atoms with Crippen LogP contribution < -0.4 is 21.5 Å². The second kappa shape index (κ2) is 10.8. The molecule has 0 bridgehead atoms. The molecule has 0 aromatic carbocycles. The minimum absolute atomic E-state index is 0. The molecule has 0 aliphatic rings. The van der Waals surface area contributed by atoms with Crippen molar-refractivity contribution < 1.29 is 21.5 Å². The Balaban J connectivity index is 0.00000256. The number of imidazole rings is 1. The second-order valence-corrected chi connectivity index (χ2v) is 4.66. The molecule has 0 radical (unpaired) electrons. The average Bonchev–Trinajstić information content (AvgIpc) is 2.72. The second-order valence-electron chi connectivity index (χ2n) is 4.66. The Kier molecular flexibility index (Phi) is 10.6. The number of hydrogen-bond acceptors (Lipinski definition) is 0. The van der Waals surface area contributed by atoms with E-state index in [1.165, 1.54) is 51.5 Å². The lowest BCUT2D eigenvalue weighted by molar-refractivity contribution is -0.696. The fourth-order valence-corrected chi connectivity index (χ4v) is 2.04. The number of unbranched alkanes of at least 4 members (excludes halogenated alkanes) is 5. The Morgan fingerprint density at radius 1 is 0.941 bits per heavy atom. The summed E-state index contributed by atoms with van der Waals surface area (Å²) in [5, 5.41) is 0. The van der Waals surface area contributed by atoms with Gasteiger partial charge in [-0.05, 0) is 19.3 Å². The SMILES string of the molecule is CCCCCCCCn1cc[n+](CCC)c1.[Br-]. The van der Waals surface area contributed by atoms with Crippen LogP contribution in [-0.4, -0.2) is 4.57 Å². The predicted octanol–water partition coefficient (Wildman–Crippen LogP) is 0.550. The van der Waals surface area contributed by atoms with E-state index in [0.29, 0.717) is 0 Å². The van der Waals surface area contributed by atoms with Crippen molar-refractivity contribution in [2.24, 2.45) is 0 Å². The highest BCUT2D eigenvalue weighted by Gasteiger charge is 2.01. The van der Waals surface area contributed by atoms with Crippen LogP contribution in [0.2, 0.25) is 0 Å². The maximum Gasteiger partial charge on any atom is 0.243 e. The Morgan fingerprint density at radius 3 is 2.35 bits per heavy atom. The lowest BCUT2D eigenvalue weighted by Crippen LogP contribution is -3.00. The minimum Gasteiger partial charge on any atom is -1.00 e. The molecule has 1 aromatic heterocycles. The number of aromatic nitrogens is 2. The quantitative estimate of drug-likeness (QED) is 0.465. The van der Waals surface area contributed by atoms with Crippen LogP contribution in [0.25, 0.3) is 0 Å². The van der Waals surface area contributed by atoms with Crippen LogP contribution in [0.3, 0.4) is 0 Å². The molecule has 0 N–H and O–H groups in total. The van der Waals surface area contributed by atoms with Crippen molar-refractivity contribution in [1.29, 1.82) is 0 Å². The molecule has 0 unspecified atom stereocenters. The summed E-state index contributed by atoms with van der Waals surface area (Å²) in [5.74, 6) is 0. The van der Waals surface area contributed by atoms with E-state index in [2.05, 4.69) is 41.7 Å². The highest BCUT2D eigenvalue weighted by molar-refractivity contribution is 4.66. The van der Waals surface area contributed by atoms with Gasteiger partial charge in [0.1, 0.15) is 12.4 Å². The number of hydrogen-bond donors (Lipinski definition) is 0. The van der Waals surface area contributed by atoms with Gasteiger partial charge in [0.05, 0.1) is 13.1 Å². The molecule has 0 fully saturated rings. The van der Waals surface area contributed by atoms with Gasteiger partial charge in [-0.25, -0.2) is 9.13 Å². The fraction of sp³-hybridized carbons (Fsp3) is 0.786. The van der Waals surface area contributed by atoms with Gasteiger partial charge < -0.3 is 17.0 Å². The molecule has 1 rings (SSSR count). The topological polar surface area (TPSA) is 8.81 Å². The fourth-order valence-electron chi connectivity index (χ4n) is 2.04. The highest BCUT2D eigenvalue weighted by Crippen LogP contribution is 2.05. The molecule has 0 aliphatic carbocycles. The molecule has 0 atom stereocenters. The summed E-state index contributed by atoms with van der Waals surface area (Å²) in [5.41, 5.74) is 0. The van der Waals surface area contributed by atoms with Crippen molar-refractivity contribution in [1.82, 2.24) is 4.57 Å². The van der Waals surface area contributed by atoms with Crippen LogP contribution in [0.1, 0.15) is 58.8 Å². The lowest BCUT2D eigenvalue weighted by atomic mass is 10.1. The normalized spacial score (nSPS) is 10.2. The lowest BCUT2D eigenvalue weighted by Gasteiger charge is -1.98. The van der Waals surface area contributed by atoms with Crippen LogP contribution in [0.15, 0.2) is 18.7 Å². The zero-order valence-corrected chi connectivity index (χ0v) is 13.0. The average molecular weight is 303 g/mol. The van der Waals surface area contributed by atoms with Crippen LogP contribution in [0, 0.1) is 0 Å². The molecule has 0 saturated carbocycles. The highest BCUT2D eigenvalue weighted by atomic mass is 79.9. The minimum atomic E-state index is 0. The summed E-state index contributed by atoms with van der Waals surface area (Å²) >= 11 is 0. The smallest absolute Gasteiger partial charge is 0.243 e. The van der Waals surface area contributed by atoms with Gasteiger partial charge in [-0.2, -0.15) is 0 Å². The van der Waals surface area contributed by atoms with Crippen molar-refractivity contribution >= 4 is 0 Å². The van der Waals surface area contributed by atoms with Gasteiger partial charge in [-0.1, -0.05) is 39.5 Å². The molecule has 17 heavy (non-hydrogen) atoms. The van der Waals surface area contributed by atoms with Crippen molar-refractivity contribution in [2.75, 3.05) is 0 Å². The molecule has 100 valence electrons. The zero-order valence-electron chi connectivity index (χ0n) is 11.4. The van der Waals surface area contributed by atoms with Crippen LogP contribution >= 0.6 is 0 Å². The van der Waals surface area contributed by atoms with E-state index in [4.69, 9.17) is 0 Å². The van der Waals surface area contributed by atoms with Crippen molar-refractivity contribution in [2.45, 2.75) is 71.9 Å². The van der Waals surface area contributed by atoms with Gasteiger partial charge >= 0.3 is 0 Å². The van der Waals surface area contributed by atoms with Crippen LogP contribution in [-0.2, 0) is 13.1 Å². The van der Waals surface area contributed by atoms with Crippen molar-refractivity contribution in [3.63, 3.8) is 0 Å². The molecule has 2 nitrogen and oxygen atoms in total. The number of aryl methyl sites for hydroxylation is 2. The third-order valence-electron chi connectivity index (χ3n) is 3.00. The predicted molar refractivity (Wildman–Crippen MR) is 68.3 cm³/mol. The summed E-state index contributed by atoms with van der Waals surface area (Å²) < 4.78 is 4.59. The van der Waals surface area contributed by atoms with E-state index in [9.17, 15) is 0 Å². The molecule has 0 spiro atoms. The number of halogens is 1. The van der Waals surface area contributed by atoms with Gasteiger partial charge in [0, 0.05) is 0 Å². The Morgan fingerprint density at radius 2 is 1.65 bits per heavy atom. The summed E-state index contributed by atoms with van der Waals surface area (Å²) in [6.07, 6.45) is 16.1. The first-order valence-electron chi connectivity index (χ1n) is 6.91. The first kappa shape index (κ1) is 16.7. The molecule has 3 heteroatoms. The Labute approximate surface area is 117 Å². The summed E-state index contributed by atoms with van der Waals surface area (Å²) in [6.45, 7) is 6.82. The van der Waals surface area contributed by atoms with Gasteiger partial charge in [0.25, 0.3) is 0 Å². The third-order valence-corrected chi connectivity index (χ3v) is 3.00. The number of nitrogens with zero attached hydrogens (tertiary/aromatic N) is 2. The molecule has 0 saturated heterocycles. The van der Waals surface area contributed by atoms with E-state index in [1.54, 1.807) is 0 Å². The maximum atomic E-state index is 2.31. The molecular weight excluding hydrogens is 276 g/mol. The molecular formula is C14H27BrN2. The summed E-state index contributed by atoms with van der Waals surface area (Å²) in [4.78, 5) is 0. The van der Waals surface area contributed by atoms with Gasteiger partial charge in [0.15, 0.2) is 0 Å². The standard InChI is InChI=1S/C14H27N2.BrH/c1-3-5-6-7-8-9-11-16-13-12-15(14-16)10-4-2;/h12-14H,3-11H2,1-2H3;1H/q+1;/p-1. The molecule has 0 amide bonds. The summed E-state index contributed by atoms with van der Waals surface area (Å²) in [7, 11) is 0. The Bertz CT molecular complexity index is 271. The summed E-state index contributed by atoms with van der Waals surface area (Å²) in [6, 6.07) is 0. The zero-order chi connectivity index (χ0) is 11.6. The third kappa shape index (κ3) is 7.58. The largest absolute Gasteiger partial charge is 1.00 e. The van der Waals surface area contributed by atoms with Crippen molar-refractivity contribution in [3.05, 3.63) is 18.7 Å². The van der Waals surface area contributed by atoms with E-state index in [1.807, 2.05) is 0 Å². The van der Waals surface area contributed by atoms with Crippen LogP contribution in [0.4, 0.5) is 0 Å². The molecule has 0 aliphatic heterocycles. The number of rotatable bonds is 9. The first-order valence-corrected chi connectivity index (χ1v) is 6.91. The van der Waals surface area contributed by atoms with Gasteiger partial charge in [-0.15, -0.1) is 0 Å². The van der Waals surface area contributed by atoms with Crippen LogP contribution in [0.5, 0.6) is 0 Å². The van der Waals surface area contributed by atoms with Crippen molar-refractivity contribution in [3.8, 4) is 0 Å². The first-order chi connectivity index (χ1) is 7.86. The van der Waals surface area contributed by atoms with E-state index in [0.717, 1.165) is 6.54 Å². The Hall–Kier alpha value is -0.310. The molecule has 1 heterocycles. The van der Waals surface area contributed by atoms with Gasteiger partial charge in [0.2, 0.25) is 6.33 Å². The van der Waals surface area contributed by atoms with E-state index in [-0.39, 0.29) is 17.0 Å². The van der Waals surface area contributed by atoms with E-state index < -0.39 is 0 Å².